The highest BCUT2D eigenvalue weighted by atomic mass is 16.5. The lowest BCUT2D eigenvalue weighted by Crippen LogP contribution is -2.33. The molecule has 1 aromatic rings. The third kappa shape index (κ3) is 6.85. The maximum Gasteiger partial charge on any atom is 0.407 e. The molecule has 1 rings (SSSR count). The summed E-state index contributed by atoms with van der Waals surface area (Å²) in [6.07, 6.45) is 2.98. The Hall–Kier alpha value is -1.51. The van der Waals surface area contributed by atoms with E-state index in [1.54, 1.807) is 0 Å². The number of carbonyl (C=O) groups excluding carboxylic acids is 1. The Morgan fingerprint density at radius 1 is 1.21 bits per heavy atom. The molecule has 0 heterocycles. The summed E-state index contributed by atoms with van der Waals surface area (Å²) in [6, 6.07) is 9.87. The van der Waals surface area contributed by atoms with Gasteiger partial charge in [0.25, 0.3) is 0 Å². The maximum atomic E-state index is 11.6. The zero-order valence-electron chi connectivity index (χ0n) is 12.2. The molecular weight excluding hydrogens is 238 g/mol. The second kappa shape index (κ2) is 8.57. The van der Waals surface area contributed by atoms with Crippen molar-refractivity contribution in [3.63, 3.8) is 0 Å². The van der Waals surface area contributed by atoms with Gasteiger partial charge in [-0.2, -0.15) is 0 Å². The van der Waals surface area contributed by atoms with Gasteiger partial charge in [-0.25, -0.2) is 4.79 Å². The number of rotatable bonds is 7. The molecule has 0 spiro atoms. The van der Waals surface area contributed by atoms with E-state index in [1.165, 1.54) is 6.42 Å². The first kappa shape index (κ1) is 15.5. The second-order valence-corrected chi connectivity index (χ2v) is 5.20. The van der Waals surface area contributed by atoms with Crippen molar-refractivity contribution in [3.8, 4) is 0 Å². The molecule has 1 amide bonds. The van der Waals surface area contributed by atoms with Gasteiger partial charge in [0.05, 0.1) is 0 Å². The number of alkyl carbamates (subject to hydrolysis) is 1. The van der Waals surface area contributed by atoms with E-state index in [0.717, 1.165) is 18.4 Å². The van der Waals surface area contributed by atoms with Crippen LogP contribution in [0.4, 0.5) is 4.79 Å². The molecule has 0 fully saturated rings. The fourth-order valence-corrected chi connectivity index (χ4v) is 1.78. The molecular formula is C16H25NO2. The number of benzene rings is 1. The van der Waals surface area contributed by atoms with E-state index in [9.17, 15) is 4.79 Å². The standard InChI is InChI=1S/C16H25NO2/c1-4-13(2)10-11-14(3)17-16(18)19-12-15-8-6-5-7-9-15/h5-9,13-14H,4,10-12H2,1-3H3,(H,17,18)/t13-,14-/m1/s1. The summed E-state index contributed by atoms with van der Waals surface area (Å²) >= 11 is 0. The molecule has 2 atom stereocenters. The summed E-state index contributed by atoms with van der Waals surface area (Å²) in [5.74, 6) is 0.713. The Labute approximate surface area is 116 Å². The van der Waals surface area contributed by atoms with E-state index in [0.29, 0.717) is 12.5 Å². The smallest absolute Gasteiger partial charge is 0.407 e. The van der Waals surface area contributed by atoms with E-state index in [-0.39, 0.29) is 12.1 Å². The average Bonchev–Trinajstić information content (AvgIpc) is 2.43. The monoisotopic (exact) mass is 263 g/mol. The van der Waals surface area contributed by atoms with Crippen LogP contribution in [0.25, 0.3) is 0 Å². The lowest BCUT2D eigenvalue weighted by molar-refractivity contribution is 0.135. The fraction of sp³-hybridized carbons (Fsp3) is 0.562. The molecule has 0 aromatic heterocycles. The van der Waals surface area contributed by atoms with Crippen molar-refractivity contribution in [2.45, 2.75) is 52.7 Å². The Morgan fingerprint density at radius 3 is 2.53 bits per heavy atom. The molecule has 0 saturated heterocycles. The number of hydrogen-bond acceptors (Lipinski definition) is 2. The predicted molar refractivity (Wildman–Crippen MR) is 77.9 cm³/mol. The first-order chi connectivity index (χ1) is 9.11. The first-order valence-corrected chi connectivity index (χ1v) is 7.09. The molecule has 3 heteroatoms. The molecule has 0 radical (unpaired) electrons. The SMILES string of the molecule is CC[C@@H](C)CC[C@@H](C)NC(=O)OCc1ccccc1. The minimum absolute atomic E-state index is 0.164. The van der Waals surface area contributed by atoms with E-state index >= 15 is 0 Å². The normalized spacial score (nSPS) is 13.6. The molecule has 1 N–H and O–H groups in total. The van der Waals surface area contributed by atoms with Gasteiger partial charge in [-0.05, 0) is 31.2 Å². The van der Waals surface area contributed by atoms with Crippen LogP contribution in [-0.2, 0) is 11.3 Å². The minimum atomic E-state index is -0.333. The van der Waals surface area contributed by atoms with E-state index in [1.807, 2.05) is 37.3 Å². The third-order valence-corrected chi connectivity index (χ3v) is 3.37. The van der Waals surface area contributed by atoms with Crippen LogP contribution in [0, 0.1) is 5.92 Å². The van der Waals surface area contributed by atoms with Gasteiger partial charge in [0.15, 0.2) is 0 Å². The molecule has 0 aliphatic rings. The fourth-order valence-electron chi connectivity index (χ4n) is 1.78. The van der Waals surface area contributed by atoms with Crippen molar-refractivity contribution < 1.29 is 9.53 Å². The topological polar surface area (TPSA) is 38.3 Å². The Kier molecular flexibility index (Phi) is 7.01. The Bertz CT molecular complexity index is 364. The van der Waals surface area contributed by atoms with Crippen molar-refractivity contribution in [3.05, 3.63) is 35.9 Å². The van der Waals surface area contributed by atoms with E-state index in [2.05, 4.69) is 19.2 Å². The molecule has 0 bridgehead atoms. The number of hydrogen-bond donors (Lipinski definition) is 1. The van der Waals surface area contributed by atoms with Gasteiger partial charge in [-0.3, -0.25) is 0 Å². The average molecular weight is 263 g/mol. The van der Waals surface area contributed by atoms with Crippen molar-refractivity contribution >= 4 is 6.09 Å². The molecule has 1 aromatic carbocycles. The summed E-state index contributed by atoms with van der Waals surface area (Å²) in [5.41, 5.74) is 1.00. The van der Waals surface area contributed by atoms with Crippen molar-refractivity contribution in [1.29, 1.82) is 0 Å². The lowest BCUT2D eigenvalue weighted by Gasteiger charge is -2.16. The highest BCUT2D eigenvalue weighted by Crippen LogP contribution is 2.11. The number of carbonyl (C=O) groups is 1. The van der Waals surface area contributed by atoms with Gasteiger partial charge < -0.3 is 10.1 Å². The Balaban J connectivity index is 2.20. The van der Waals surface area contributed by atoms with Gasteiger partial charge in [0.2, 0.25) is 0 Å². The molecule has 3 nitrogen and oxygen atoms in total. The lowest BCUT2D eigenvalue weighted by atomic mass is 10.0. The maximum absolute atomic E-state index is 11.6. The van der Waals surface area contributed by atoms with Crippen LogP contribution in [0.2, 0.25) is 0 Å². The van der Waals surface area contributed by atoms with E-state index < -0.39 is 0 Å². The van der Waals surface area contributed by atoms with Gasteiger partial charge >= 0.3 is 6.09 Å². The highest BCUT2D eigenvalue weighted by Gasteiger charge is 2.09. The summed E-state index contributed by atoms with van der Waals surface area (Å²) in [6.45, 7) is 6.77. The van der Waals surface area contributed by atoms with Crippen LogP contribution in [0.3, 0.4) is 0 Å². The quantitative estimate of drug-likeness (QED) is 0.803. The molecule has 106 valence electrons. The van der Waals surface area contributed by atoms with Crippen LogP contribution < -0.4 is 5.32 Å². The largest absolute Gasteiger partial charge is 0.445 e. The van der Waals surface area contributed by atoms with Gasteiger partial charge in [0.1, 0.15) is 6.61 Å². The molecule has 0 aliphatic carbocycles. The van der Waals surface area contributed by atoms with Crippen molar-refractivity contribution in [1.82, 2.24) is 5.32 Å². The summed E-state index contributed by atoms with van der Waals surface area (Å²) < 4.78 is 5.18. The van der Waals surface area contributed by atoms with Crippen LogP contribution >= 0.6 is 0 Å². The zero-order valence-corrected chi connectivity index (χ0v) is 12.2. The van der Waals surface area contributed by atoms with Gasteiger partial charge in [-0.15, -0.1) is 0 Å². The minimum Gasteiger partial charge on any atom is -0.445 e. The summed E-state index contributed by atoms with van der Waals surface area (Å²) in [7, 11) is 0. The van der Waals surface area contributed by atoms with Gasteiger partial charge in [0, 0.05) is 6.04 Å². The number of amides is 1. The van der Waals surface area contributed by atoms with Crippen LogP contribution in [0.15, 0.2) is 30.3 Å². The molecule has 0 aliphatic heterocycles. The van der Waals surface area contributed by atoms with Crippen LogP contribution in [0.5, 0.6) is 0 Å². The molecule has 0 unspecified atom stereocenters. The Morgan fingerprint density at radius 2 is 1.89 bits per heavy atom. The van der Waals surface area contributed by atoms with Crippen molar-refractivity contribution in [2.75, 3.05) is 0 Å². The highest BCUT2D eigenvalue weighted by molar-refractivity contribution is 5.67. The molecule has 19 heavy (non-hydrogen) atoms. The second-order valence-electron chi connectivity index (χ2n) is 5.20. The van der Waals surface area contributed by atoms with Crippen LogP contribution in [-0.4, -0.2) is 12.1 Å². The summed E-state index contributed by atoms with van der Waals surface area (Å²) in [4.78, 5) is 11.6. The number of nitrogens with one attached hydrogen (secondary N) is 1. The molecule has 0 saturated carbocycles. The van der Waals surface area contributed by atoms with Gasteiger partial charge in [-0.1, -0.05) is 50.6 Å². The predicted octanol–water partition coefficient (Wildman–Crippen LogP) is 4.13. The van der Waals surface area contributed by atoms with Crippen molar-refractivity contribution in [2.24, 2.45) is 5.92 Å². The zero-order chi connectivity index (χ0) is 14.1. The first-order valence-electron chi connectivity index (χ1n) is 7.09. The number of ether oxygens (including phenoxy) is 1. The third-order valence-electron chi connectivity index (χ3n) is 3.37. The van der Waals surface area contributed by atoms with E-state index in [4.69, 9.17) is 4.74 Å². The van der Waals surface area contributed by atoms with Crippen LogP contribution in [0.1, 0.15) is 45.6 Å². The summed E-state index contributed by atoms with van der Waals surface area (Å²) in [5, 5.41) is 2.87.